The van der Waals surface area contributed by atoms with E-state index in [0.29, 0.717) is 5.75 Å². The first kappa shape index (κ1) is 18.1. The summed E-state index contributed by atoms with van der Waals surface area (Å²) < 4.78 is 5.10. The molecule has 2 rings (SSSR count). The highest BCUT2D eigenvalue weighted by Gasteiger charge is 2.11. The van der Waals surface area contributed by atoms with Crippen LogP contribution >= 0.6 is 11.8 Å². The fourth-order valence-electron chi connectivity index (χ4n) is 1.84. The van der Waals surface area contributed by atoms with E-state index in [1.165, 1.54) is 17.1 Å². The van der Waals surface area contributed by atoms with Crippen molar-refractivity contribution in [3.63, 3.8) is 0 Å². The number of carboxylic acids is 2. The van der Waals surface area contributed by atoms with Crippen LogP contribution in [0.25, 0.3) is 0 Å². The number of phenols is 1. The summed E-state index contributed by atoms with van der Waals surface area (Å²) in [6, 6.07) is 5.57. The molecule has 0 amide bonds. The van der Waals surface area contributed by atoms with E-state index in [4.69, 9.17) is 24.5 Å². The molecule has 0 aromatic heterocycles. The van der Waals surface area contributed by atoms with E-state index in [2.05, 4.69) is 4.90 Å². The van der Waals surface area contributed by atoms with Crippen LogP contribution < -0.4 is 4.74 Å². The molecule has 1 saturated heterocycles. The second kappa shape index (κ2) is 9.16. The maximum absolute atomic E-state index is 9.50. The number of nitrogens with zero attached hydrogens (tertiary/aromatic N) is 1. The number of rotatable bonds is 3. The second-order valence-corrected chi connectivity index (χ2v) is 5.73. The van der Waals surface area contributed by atoms with Crippen LogP contribution in [0.5, 0.6) is 11.5 Å². The fourth-order valence-corrected chi connectivity index (χ4v) is 2.82. The van der Waals surface area contributed by atoms with Gasteiger partial charge in [-0.1, -0.05) is 6.07 Å². The van der Waals surface area contributed by atoms with Gasteiger partial charge in [0.15, 0.2) is 11.5 Å². The Kier molecular flexibility index (Phi) is 7.55. The minimum Gasteiger partial charge on any atom is -0.504 e. The van der Waals surface area contributed by atoms with Gasteiger partial charge < -0.3 is 20.1 Å². The van der Waals surface area contributed by atoms with E-state index in [1.54, 1.807) is 13.2 Å². The van der Waals surface area contributed by atoms with Crippen molar-refractivity contribution in [2.75, 3.05) is 31.7 Å². The molecule has 8 heteroatoms. The predicted octanol–water partition coefficient (Wildman–Crippen LogP) is 1.11. The van der Waals surface area contributed by atoms with Crippen LogP contribution in [0.3, 0.4) is 0 Å². The van der Waals surface area contributed by atoms with Gasteiger partial charge in [-0.05, 0) is 17.7 Å². The molecular weight excluding hydrogens is 310 g/mol. The summed E-state index contributed by atoms with van der Waals surface area (Å²) in [5, 5.41) is 24.3. The van der Waals surface area contributed by atoms with Crippen LogP contribution in [-0.2, 0) is 16.1 Å². The molecule has 0 spiro atoms. The normalized spacial score (nSPS) is 14.6. The monoisotopic (exact) mass is 329 g/mol. The summed E-state index contributed by atoms with van der Waals surface area (Å²) in [4.78, 5) is 20.6. The Bertz CT molecular complexity index is 504. The molecule has 1 aromatic carbocycles. The number of hydrogen-bond donors (Lipinski definition) is 3. The van der Waals surface area contributed by atoms with Gasteiger partial charge >= 0.3 is 11.9 Å². The standard InChI is InChI=1S/C12H17NO2S.C2H2O4/c1-15-12-8-10(2-3-11(12)14)9-13-4-6-16-7-5-13;3-1(4)2(5)6/h2-3,8,14H,4-7,9H2,1H3;(H,3,4)(H,5,6). The molecule has 0 aliphatic carbocycles. The van der Waals surface area contributed by atoms with E-state index in [-0.39, 0.29) is 5.75 Å². The first-order chi connectivity index (χ1) is 10.4. The van der Waals surface area contributed by atoms with Crippen LogP contribution in [0.2, 0.25) is 0 Å². The third kappa shape index (κ3) is 6.23. The number of hydrogen-bond acceptors (Lipinski definition) is 6. The minimum atomic E-state index is -1.82. The van der Waals surface area contributed by atoms with Gasteiger partial charge in [0.05, 0.1) is 7.11 Å². The molecule has 0 saturated carbocycles. The Morgan fingerprint density at radius 2 is 1.82 bits per heavy atom. The third-order valence-electron chi connectivity index (χ3n) is 2.94. The van der Waals surface area contributed by atoms with Gasteiger partial charge in [-0.25, -0.2) is 9.59 Å². The summed E-state index contributed by atoms with van der Waals surface area (Å²) >= 11 is 2.01. The predicted molar refractivity (Wildman–Crippen MR) is 82.5 cm³/mol. The number of benzene rings is 1. The lowest BCUT2D eigenvalue weighted by molar-refractivity contribution is -0.159. The highest BCUT2D eigenvalue weighted by Crippen LogP contribution is 2.27. The van der Waals surface area contributed by atoms with E-state index >= 15 is 0 Å². The number of thioether (sulfide) groups is 1. The molecule has 0 bridgehead atoms. The van der Waals surface area contributed by atoms with Gasteiger partial charge in [0.25, 0.3) is 0 Å². The lowest BCUT2D eigenvalue weighted by Gasteiger charge is -2.26. The molecule has 7 nitrogen and oxygen atoms in total. The summed E-state index contributed by atoms with van der Waals surface area (Å²) in [5.41, 5.74) is 1.20. The summed E-state index contributed by atoms with van der Waals surface area (Å²) in [6.45, 7) is 3.24. The molecule has 122 valence electrons. The number of aliphatic carboxylic acids is 2. The van der Waals surface area contributed by atoms with Gasteiger partial charge in [0.1, 0.15) is 0 Å². The maximum Gasteiger partial charge on any atom is 0.414 e. The number of carboxylic acid groups (broad SMARTS) is 2. The minimum absolute atomic E-state index is 0.209. The Morgan fingerprint density at radius 3 is 2.32 bits per heavy atom. The van der Waals surface area contributed by atoms with Gasteiger partial charge in [-0.2, -0.15) is 11.8 Å². The zero-order chi connectivity index (χ0) is 16.5. The summed E-state index contributed by atoms with van der Waals surface area (Å²) in [7, 11) is 1.58. The number of methoxy groups -OCH3 is 1. The van der Waals surface area contributed by atoms with Crippen LogP contribution in [0.15, 0.2) is 18.2 Å². The molecule has 1 aliphatic heterocycles. The van der Waals surface area contributed by atoms with E-state index in [9.17, 15) is 5.11 Å². The van der Waals surface area contributed by atoms with E-state index in [0.717, 1.165) is 19.6 Å². The number of aromatic hydroxyl groups is 1. The van der Waals surface area contributed by atoms with Crippen molar-refractivity contribution >= 4 is 23.7 Å². The zero-order valence-electron chi connectivity index (χ0n) is 12.2. The Balaban J connectivity index is 0.000000346. The highest BCUT2D eigenvalue weighted by atomic mass is 32.2. The number of carbonyl (C=O) groups is 2. The topological polar surface area (TPSA) is 107 Å². The van der Waals surface area contributed by atoms with Gasteiger partial charge in [0.2, 0.25) is 0 Å². The van der Waals surface area contributed by atoms with E-state index < -0.39 is 11.9 Å². The summed E-state index contributed by atoms with van der Waals surface area (Å²) in [6.07, 6.45) is 0. The third-order valence-corrected chi connectivity index (χ3v) is 3.88. The van der Waals surface area contributed by atoms with Gasteiger partial charge in [-0.3, -0.25) is 4.90 Å². The van der Waals surface area contributed by atoms with Crippen molar-refractivity contribution in [3.05, 3.63) is 23.8 Å². The molecule has 0 unspecified atom stereocenters. The second-order valence-electron chi connectivity index (χ2n) is 4.51. The molecule has 1 fully saturated rings. The van der Waals surface area contributed by atoms with Crippen molar-refractivity contribution in [1.29, 1.82) is 0 Å². The first-order valence-corrected chi connectivity index (χ1v) is 7.71. The Hall–Kier alpha value is -1.93. The van der Waals surface area contributed by atoms with Crippen LogP contribution in [0.1, 0.15) is 5.56 Å². The SMILES string of the molecule is COc1cc(CN2CCSCC2)ccc1O.O=C(O)C(=O)O. The Morgan fingerprint density at radius 1 is 1.23 bits per heavy atom. The first-order valence-electron chi connectivity index (χ1n) is 6.56. The smallest absolute Gasteiger partial charge is 0.414 e. The molecule has 0 radical (unpaired) electrons. The van der Waals surface area contributed by atoms with Crippen molar-refractivity contribution in [1.82, 2.24) is 4.90 Å². The number of ether oxygens (including phenoxy) is 1. The largest absolute Gasteiger partial charge is 0.504 e. The molecule has 22 heavy (non-hydrogen) atoms. The van der Waals surface area contributed by atoms with Crippen molar-refractivity contribution in [2.24, 2.45) is 0 Å². The summed E-state index contributed by atoms with van der Waals surface area (Å²) in [5.74, 6) is -0.445. The van der Waals surface area contributed by atoms with Gasteiger partial charge in [0, 0.05) is 31.1 Å². The lowest BCUT2D eigenvalue weighted by atomic mass is 10.2. The van der Waals surface area contributed by atoms with Gasteiger partial charge in [-0.15, -0.1) is 0 Å². The van der Waals surface area contributed by atoms with Crippen LogP contribution in [0.4, 0.5) is 0 Å². The average molecular weight is 329 g/mol. The lowest BCUT2D eigenvalue weighted by Crippen LogP contribution is -2.31. The molecule has 0 atom stereocenters. The number of phenolic OH excluding ortho intramolecular Hbond substituents is 1. The van der Waals surface area contributed by atoms with Crippen molar-refractivity contribution < 1.29 is 29.6 Å². The van der Waals surface area contributed by atoms with Crippen molar-refractivity contribution in [2.45, 2.75) is 6.54 Å². The quantitative estimate of drug-likeness (QED) is 0.708. The van der Waals surface area contributed by atoms with Crippen molar-refractivity contribution in [3.8, 4) is 11.5 Å². The fraction of sp³-hybridized carbons (Fsp3) is 0.429. The maximum atomic E-state index is 9.50. The highest BCUT2D eigenvalue weighted by molar-refractivity contribution is 7.99. The molecule has 1 aromatic rings. The average Bonchev–Trinajstić information content (AvgIpc) is 2.50. The molecular formula is C14H19NO6S. The van der Waals surface area contributed by atoms with E-state index in [1.807, 2.05) is 23.9 Å². The molecule has 1 heterocycles. The zero-order valence-corrected chi connectivity index (χ0v) is 13.0. The molecule has 1 aliphatic rings. The van der Waals surface area contributed by atoms with Crippen LogP contribution in [-0.4, -0.2) is 63.9 Å². The molecule has 3 N–H and O–H groups in total. The van der Waals surface area contributed by atoms with Crippen LogP contribution in [0, 0.1) is 0 Å². The Labute approximate surface area is 132 Å².